The maximum absolute atomic E-state index is 10.0. The summed E-state index contributed by atoms with van der Waals surface area (Å²) in [7, 11) is 0. The van der Waals surface area contributed by atoms with Crippen molar-refractivity contribution in [3.63, 3.8) is 0 Å². The van der Waals surface area contributed by atoms with Crippen LogP contribution in [0.3, 0.4) is 0 Å². The van der Waals surface area contributed by atoms with E-state index in [9.17, 15) is 5.11 Å². The second-order valence-electron chi connectivity index (χ2n) is 5.86. The molecule has 1 fully saturated rings. The Morgan fingerprint density at radius 3 is 2.17 bits per heavy atom. The van der Waals surface area contributed by atoms with Crippen LogP contribution in [0, 0.1) is 0 Å². The highest BCUT2D eigenvalue weighted by atomic mass is 35.5. The van der Waals surface area contributed by atoms with Crippen LogP contribution in [0.2, 0.25) is 0 Å². The van der Waals surface area contributed by atoms with E-state index in [-0.39, 0.29) is 12.4 Å². The van der Waals surface area contributed by atoms with Gasteiger partial charge < -0.3 is 14.7 Å². The van der Waals surface area contributed by atoms with Gasteiger partial charge >= 0.3 is 0 Å². The number of nitrogens with zero attached hydrogens (tertiary/aromatic N) is 1. The van der Waals surface area contributed by atoms with E-state index in [0.717, 1.165) is 18.8 Å². The van der Waals surface area contributed by atoms with E-state index in [1.807, 2.05) is 30.3 Å². The Labute approximate surface area is 144 Å². The number of aliphatic hydroxyl groups is 1. The molecule has 1 heterocycles. The van der Waals surface area contributed by atoms with Gasteiger partial charge in [0.15, 0.2) is 0 Å². The number of halogens is 1. The van der Waals surface area contributed by atoms with Crippen LogP contribution in [-0.2, 0) is 0 Å². The lowest BCUT2D eigenvalue weighted by molar-refractivity contribution is 0.0758. The fourth-order valence-corrected chi connectivity index (χ4v) is 2.88. The Bertz CT molecular complexity index is 568. The van der Waals surface area contributed by atoms with Crippen molar-refractivity contribution < 1.29 is 9.84 Å². The monoisotopic (exact) mass is 333 g/mol. The highest BCUT2D eigenvalue weighted by Crippen LogP contribution is 2.22. The minimum Gasteiger partial charge on any atom is -0.491 e. The molecule has 23 heavy (non-hydrogen) atoms. The summed E-state index contributed by atoms with van der Waals surface area (Å²) < 4.78 is 5.69. The van der Waals surface area contributed by atoms with Crippen molar-refractivity contribution in [3.8, 4) is 16.9 Å². The quantitative estimate of drug-likeness (QED) is 0.876. The van der Waals surface area contributed by atoms with E-state index in [4.69, 9.17) is 4.74 Å². The molecule has 1 N–H and O–H groups in total. The lowest BCUT2D eigenvalue weighted by atomic mass is 10.1. The van der Waals surface area contributed by atoms with Crippen molar-refractivity contribution in [1.29, 1.82) is 0 Å². The molecule has 0 aliphatic carbocycles. The topological polar surface area (TPSA) is 32.7 Å². The summed E-state index contributed by atoms with van der Waals surface area (Å²) in [6.07, 6.45) is 2.06. The number of β-amino-alcohol motifs (C(OH)–C–C–N with tert-alkyl or cyclic N) is 1. The molecule has 0 saturated carbocycles. The molecule has 1 unspecified atom stereocenters. The maximum Gasteiger partial charge on any atom is 0.119 e. The zero-order valence-electron chi connectivity index (χ0n) is 13.2. The van der Waals surface area contributed by atoms with Crippen LogP contribution in [0.4, 0.5) is 0 Å². The molecule has 0 bridgehead atoms. The smallest absolute Gasteiger partial charge is 0.119 e. The third kappa shape index (κ3) is 5.24. The van der Waals surface area contributed by atoms with Crippen molar-refractivity contribution in [2.75, 3.05) is 26.2 Å². The van der Waals surface area contributed by atoms with Crippen LogP contribution in [0.1, 0.15) is 12.8 Å². The van der Waals surface area contributed by atoms with E-state index in [1.165, 1.54) is 24.0 Å². The molecule has 1 atom stereocenters. The first-order chi connectivity index (χ1) is 10.8. The van der Waals surface area contributed by atoms with E-state index < -0.39 is 6.10 Å². The molecule has 1 aliphatic heterocycles. The first-order valence-corrected chi connectivity index (χ1v) is 8.00. The second kappa shape index (κ2) is 8.92. The Balaban J connectivity index is 0.00000192. The summed E-state index contributed by atoms with van der Waals surface area (Å²) in [6, 6.07) is 18.3. The number of ether oxygens (including phenoxy) is 1. The van der Waals surface area contributed by atoms with Gasteiger partial charge in [0.25, 0.3) is 0 Å². The third-order valence-corrected chi connectivity index (χ3v) is 4.07. The van der Waals surface area contributed by atoms with Crippen LogP contribution in [-0.4, -0.2) is 42.4 Å². The van der Waals surface area contributed by atoms with Gasteiger partial charge in [-0.25, -0.2) is 0 Å². The second-order valence-corrected chi connectivity index (χ2v) is 5.86. The Morgan fingerprint density at radius 1 is 0.913 bits per heavy atom. The molecular weight excluding hydrogens is 310 g/mol. The van der Waals surface area contributed by atoms with Gasteiger partial charge in [0.1, 0.15) is 18.5 Å². The van der Waals surface area contributed by atoms with E-state index in [0.29, 0.717) is 13.2 Å². The standard InChI is InChI=1S/C19H23NO2.ClH/c21-18(14-20-12-4-5-13-20)15-22-19-10-8-17(9-11-19)16-6-2-1-3-7-16;/h1-3,6-11,18,21H,4-5,12-15H2;1H. The summed E-state index contributed by atoms with van der Waals surface area (Å²) in [5.74, 6) is 0.806. The van der Waals surface area contributed by atoms with Crippen LogP contribution in [0.25, 0.3) is 11.1 Å². The molecule has 0 amide bonds. The zero-order valence-corrected chi connectivity index (χ0v) is 14.0. The van der Waals surface area contributed by atoms with Crippen LogP contribution in [0.5, 0.6) is 5.75 Å². The van der Waals surface area contributed by atoms with Crippen molar-refractivity contribution >= 4 is 12.4 Å². The fourth-order valence-electron chi connectivity index (χ4n) is 2.88. The van der Waals surface area contributed by atoms with E-state index in [2.05, 4.69) is 29.2 Å². The van der Waals surface area contributed by atoms with Gasteiger partial charge in [0, 0.05) is 6.54 Å². The summed E-state index contributed by atoms with van der Waals surface area (Å²) in [5.41, 5.74) is 2.37. The zero-order chi connectivity index (χ0) is 15.2. The number of hydrogen-bond acceptors (Lipinski definition) is 3. The van der Waals surface area contributed by atoms with Gasteiger partial charge in [0.05, 0.1) is 0 Å². The highest BCUT2D eigenvalue weighted by molar-refractivity contribution is 5.85. The Hall–Kier alpha value is -1.55. The van der Waals surface area contributed by atoms with Crippen molar-refractivity contribution in [2.45, 2.75) is 18.9 Å². The molecule has 4 heteroatoms. The van der Waals surface area contributed by atoms with Crippen molar-refractivity contribution in [2.24, 2.45) is 0 Å². The van der Waals surface area contributed by atoms with Gasteiger partial charge in [-0.1, -0.05) is 42.5 Å². The number of benzene rings is 2. The van der Waals surface area contributed by atoms with Gasteiger partial charge in [-0.05, 0) is 49.2 Å². The molecular formula is C19H24ClNO2. The van der Waals surface area contributed by atoms with Crippen LogP contribution < -0.4 is 4.74 Å². The number of likely N-dealkylation sites (tertiary alicyclic amines) is 1. The molecule has 3 nitrogen and oxygen atoms in total. The first-order valence-electron chi connectivity index (χ1n) is 8.00. The normalized spacial score (nSPS) is 15.9. The molecule has 1 aliphatic rings. The van der Waals surface area contributed by atoms with E-state index >= 15 is 0 Å². The molecule has 2 aromatic carbocycles. The summed E-state index contributed by atoms with van der Waals surface area (Å²) in [4.78, 5) is 2.30. The molecule has 0 radical (unpaired) electrons. The third-order valence-electron chi connectivity index (χ3n) is 4.07. The number of hydrogen-bond donors (Lipinski definition) is 1. The predicted molar refractivity (Wildman–Crippen MR) is 96.3 cm³/mol. The largest absolute Gasteiger partial charge is 0.491 e. The number of aliphatic hydroxyl groups excluding tert-OH is 1. The van der Waals surface area contributed by atoms with Crippen molar-refractivity contribution in [1.82, 2.24) is 4.90 Å². The van der Waals surface area contributed by atoms with Crippen LogP contribution >= 0.6 is 12.4 Å². The lowest BCUT2D eigenvalue weighted by Gasteiger charge is -2.19. The molecule has 3 rings (SSSR count). The predicted octanol–water partition coefficient (Wildman–Crippen LogP) is 3.61. The summed E-state index contributed by atoms with van der Waals surface area (Å²) in [6.45, 7) is 3.26. The minimum absolute atomic E-state index is 0. The lowest BCUT2D eigenvalue weighted by Crippen LogP contribution is -2.33. The van der Waals surface area contributed by atoms with Gasteiger partial charge in [0.2, 0.25) is 0 Å². The first kappa shape index (κ1) is 17.8. The Kier molecular flexibility index (Phi) is 6.90. The molecule has 1 saturated heterocycles. The van der Waals surface area contributed by atoms with Crippen LogP contribution in [0.15, 0.2) is 54.6 Å². The summed E-state index contributed by atoms with van der Waals surface area (Å²) >= 11 is 0. The highest BCUT2D eigenvalue weighted by Gasteiger charge is 2.16. The molecule has 2 aromatic rings. The van der Waals surface area contributed by atoms with Crippen molar-refractivity contribution in [3.05, 3.63) is 54.6 Å². The van der Waals surface area contributed by atoms with Gasteiger partial charge in [-0.2, -0.15) is 0 Å². The average molecular weight is 334 g/mol. The minimum atomic E-state index is -0.424. The number of rotatable bonds is 6. The van der Waals surface area contributed by atoms with Gasteiger partial charge in [-0.15, -0.1) is 12.4 Å². The molecule has 0 spiro atoms. The Morgan fingerprint density at radius 2 is 1.52 bits per heavy atom. The molecule has 0 aromatic heterocycles. The average Bonchev–Trinajstić information content (AvgIpc) is 3.07. The fraction of sp³-hybridized carbons (Fsp3) is 0.368. The SMILES string of the molecule is Cl.OC(COc1ccc(-c2ccccc2)cc1)CN1CCCC1. The summed E-state index contributed by atoms with van der Waals surface area (Å²) in [5, 5.41) is 10.0. The van der Waals surface area contributed by atoms with Gasteiger partial charge in [-0.3, -0.25) is 0 Å². The molecule has 124 valence electrons. The maximum atomic E-state index is 10.0. The van der Waals surface area contributed by atoms with E-state index in [1.54, 1.807) is 0 Å².